The molecule has 0 saturated carbocycles. The number of carbonyl (C=O) groups is 1. The number of halogens is 2. The maximum Gasteiger partial charge on any atom is 0.319 e. The third-order valence-corrected chi connectivity index (χ3v) is 4.97. The lowest BCUT2D eigenvalue weighted by molar-refractivity contribution is 0.106. The summed E-state index contributed by atoms with van der Waals surface area (Å²) in [6.45, 7) is 1.97. The third kappa shape index (κ3) is 3.83. The van der Waals surface area contributed by atoms with Crippen LogP contribution < -0.4 is 10.6 Å². The Balaban J connectivity index is 1.54. The molecule has 0 radical (unpaired) electrons. The molecule has 0 aliphatic carbocycles. The average Bonchev–Trinajstić information content (AvgIpc) is 3.03. The fraction of sp³-hybridized carbons (Fsp3) is 0.263. The lowest BCUT2D eigenvalue weighted by Crippen LogP contribution is -2.46. The minimum atomic E-state index is -0.388. The van der Waals surface area contributed by atoms with Crippen LogP contribution >= 0.6 is 11.6 Å². The lowest BCUT2D eigenvalue weighted by atomic mass is 9.94. The number of amidine groups is 1. The van der Waals surface area contributed by atoms with Gasteiger partial charge < -0.3 is 20.4 Å². The zero-order valence-electron chi connectivity index (χ0n) is 14.4. The SMILES string of the molecule is O=C(Nc1ccc(F)cc1)N[C@@H]1C2=NOCCN2C[C@H]1c1ccc(Cl)cc1. The first-order chi connectivity index (χ1) is 13.1. The van der Waals surface area contributed by atoms with Crippen LogP contribution in [-0.4, -0.2) is 42.5 Å². The van der Waals surface area contributed by atoms with E-state index in [0.29, 0.717) is 23.2 Å². The van der Waals surface area contributed by atoms with Gasteiger partial charge in [0.2, 0.25) is 0 Å². The van der Waals surface area contributed by atoms with Gasteiger partial charge in [0, 0.05) is 23.2 Å². The Bertz CT molecular complexity index is 857. The van der Waals surface area contributed by atoms with Gasteiger partial charge >= 0.3 is 6.03 Å². The van der Waals surface area contributed by atoms with E-state index in [1.54, 1.807) is 0 Å². The van der Waals surface area contributed by atoms with Crippen molar-refractivity contribution in [3.05, 3.63) is 64.9 Å². The molecule has 0 unspecified atom stereocenters. The second kappa shape index (κ2) is 7.44. The molecule has 2 amide bonds. The van der Waals surface area contributed by atoms with Crippen molar-refractivity contribution in [2.45, 2.75) is 12.0 Å². The summed E-state index contributed by atoms with van der Waals surface area (Å²) in [5.74, 6) is 0.362. The van der Waals surface area contributed by atoms with Gasteiger partial charge in [-0.25, -0.2) is 9.18 Å². The summed E-state index contributed by atoms with van der Waals surface area (Å²) in [4.78, 5) is 19.9. The molecule has 0 bridgehead atoms. The van der Waals surface area contributed by atoms with Crippen LogP contribution in [0.2, 0.25) is 5.02 Å². The maximum atomic E-state index is 13.0. The number of hydrogen-bond acceptors (Lipinski definition) is 4. The number of hydrogen-bond donors (Lipinski definition) is 2. The number of amides is 2. The van der Waals surface area contributed by atoms with Gasteiger partial charge in [0.25, 0.3) is 0 Å². The zero-order chi connectivity index (χ0) is 18.8. The maximum absolute atomic E-state index is 13.0. The predicted octanol–water partition coefficient (Wildman–Crippen LogP) is 3.41. The van der Waals surface area contributed by atoms with Crippen molar-refractivity contribution in [2.75, 3.05) is 25.0 Å². The highest BCUT2D eigenvalue weighted by molar-refractivity contribution is 6.30. The summed E-state index contributed by atoms with van der Waals surface area (Å²) in [7, 11) is 0. The van der Waals surface area contributed by atoms with Gasteiger partial charge in [-0.1, -0.05) is 28.9 Å². The molecule has 2 atom stereocenters. The number of urea groups is 1. The van der Waals surface area contributed by atoms with Gasteiger partial charge in [-0.15, -0.1) is 0 Å². The highest BCUT2D eigenvalue weighted by atomic mass is 35.5. The summed E-state index contributed by atoms with van der Waals surface area (Å²) in [6.07, 6.45) is 0. The first kappa shape index (κ1) is 17.6. The fourth-order valence-electron chi connectivity index (χ4n) is 3.41. The molecule has 2 aliphatic heterocycles. The standard InChI is InChI=1S/C19H18ClFN4O2/c20-13-3-1-12(2-4-13)16-11-25-9-10-27-24-18(25)17(16)23-19(26)22-15-7-5-14(21)6-8-15/h1-8,16-17H,9-11H2,(H2,22,23,26)/t16-,17-/m0/s1. The van der Waals surface area contributed by atoms with Gasteiger partial charge in [-0.3, -0.25) is 0 Å². The van der Waals surface area contributed by atoms with Crippen LogP contribution in [0.15, 0.2) is 53.7 Å². The molecule has 2 aromatic rings. The lowest BCUT2D eigenvalue weighted by Gasteiger charge is -2.24. The zero-order valence-corrected chi connectivity index (χ0v) is 15.1. The second-order valence-corrected chi connectivity index (χ2v) is 6.91. The number of benzene rings is 2. The second-order valence-electron chi connectivity index (χ2n) is 6.47. The molecule has 1 saturated heterocycles. The van der Waals surface area contributed by atoms with Crippen LogP contribution in [0.5, 0.6) is 0 Å². The Morgan fingerprint density at radius 2 is 1.93 bits per heavy atom. The normalized spacial score (nSPS) is 21.1. The van der Waals surface area contributed by atoms with Crippen molar-refractivity contribution >= 4 is 29.2 Å². The predicted molar refractivity (Wildman–Crippen MR) is 101 cm³/mol. The Morgan fingerprint density at radius 3 is 2.67 bits per heavy atom. The van der Waals surface area contributed by atoms with E-state index in [-0.39, 0.29) is 23.8 Å². The summed E-state index contributed by atoms with van der Waals surface area (Å²) in [5.41, 5.74) is 1.57. The molecule has 2 aliphatic rings. The minimum absolute atomic E-state index is 0.0154. The Labute approximate surface area is 160 Å². The van der Waals surface area contributed by atoms with E-state index in [2.05, 4.69) is 20.7 Å². The highest BCUT2D eigenvalue weighted by Gasteiger charge is 2.42. The van der Waals surface area contributed by atoms with Gasteiger partial charge in [0.15, 0.2) is 5.84 Å². The molecule has 0 spiro atoms. The van der Waals surface area contributed by atoms with E-state index >= 15 is 0 Å². The molecule has 4 rings (SSSR count). The molecule has 1 fully saturated rings. The molecule has 27 heavy (non-hydrogen) atoms. The molecule has 2 heterocycles. The van der Waals surface area contributed by atoms with Crippen molar-refractivity contribution in [1.82, 2.24) is 10.2 Å². The molecule has 140 valence electrons. The summed E-state index contributed by atoms with van der Waals surface area (Å²) >= 11 is 6.00. The van der Waals surface area contributed by atoms with Gasteiger partial charge in [-0.05, 0) is 42.0 Å². The summed E-state index contributed by atoms with van der Waals surface area (Å²) < 4.78 is 13.0. The number of oxime groups is 1. The third-order valence-electron chi connectivity index (χ3n) is 4.72. The van der Waals surface area contributed by atoms with E-state index in [1.165, 1.54) is 24.3 Å². The highest BCUT2D eigenvalue weighted by Crippen LogP contribution is 2.31. The van der Waals surface area contributed by atoms with Crippen LogP contribution in [-0.2, 0) is 4.84 Å². The fourth-order valence-corrected chi connectivity index (χ4v) is 3.54. The smallest absolute Gasteiger partial charge is 0.319 e. The molecular weight excluding hydrogens is 371 g/mol. The largest absolute Gasteiger partial charge is 0.392 e. The van der Waals surface area contributed by atoms with E-state index < -0.39 is 0 Å². The average molecular weight is 389 g/mol. The molecular formula is C19H18ClFN4O2. The topological polar surface area (TPSA) is 66.0 Å². The van der Waals surface area contributed by atoms with Crippen LogP contribution in [0, 0.1) is 5.82 Å². The van der Waals surface area contributed by atoms with E-state index in [9.17, 15) is 9.18 Å². The Kier molecular flexibility index (Phi) is 4.85. The van der Waals surface area contributed by atoms with Crippen molar-refractivity contribution in [2.24, 2.45) is 5.16 Å². The number of rotatable bonds is 3. The monoisotopic (exact) mass is 388 g/mol. The molecule has 2 N–H and O–H groups in total. The van der Waals surface area contributed by atoms with Crippen LogP contribution in [0.1, 0.15) is 11.5 Å². The molecule has 0 aromatic heterocycles. The molecule has 2 aromatic carbocycles. The number of nitrogens with zero attached hydrogens (tertiary/aromatic N) is 2. The van der Waals surface area contributed by atoms with Crippen molar-refractivity contribution in [1.29, 1.82) is 0 Å². The van der Waals surface area contributed by atoms with E-state index in [0.717, 1.165) is 18.7 Å². The van der Waals surface area contributed by atoms with Gasteiger partial charge in [0.05, 0.1) is 6.54 Å². The van der Waals surface area contributed by atoms with Crippen LogP contribution in [0.25, 0.3) is 0 Å². The van der Waals surface area contributed by atoms with Crippen molar-refractivity contribution < 1.29 is 14.0 Å². The minimum Gasteiger partial charge on any atom is -0.392 e. The van der Waals surface area contributed by atoms with E-state index in [4.69, 9.17) is 16.4 Å². The summed E-state index contributed by atoms with van der Waals surface area (Å²) in [6, 6.07) is 12.5. The first-order valence-corrected chi connectivity index (χ1v) is 9.01. The van der Waals surface area contributed by atoms with Crippen LogP contribution in [0.3, 0.4) is 0 Å². The molecule has 8 heteroatoms. The summed E-state index contributed by atoms with van der Waals surface area (Å²) in [5, 5.41) is 10.5. The van der Waals surface area contributed by atoms with Crippen molar-refractivity contribution in [3.63, 3.8) is 0 Å². The quantitative estimate of drug-likeness (QED) is 0.846. The number of anilines is 1. The molecule has 6 nitrogen and oxygen atoms in total. The Morgan fingerprint density at radius 1 is 1.19 bits per heavy atom. The van der Waals surface area contributed by atoms with Crippen LogP contribution in [0.4, 0.5) is 14.9 Å². The number of carbonyl (C=O) groups excluding carboxylic acids is 1. The van der Waals surface area contributed by atoms with Crippen molar-refractivity contribution in [3.8, 4) is 0 Å². The number of nitrogens with one attached hydrogen (secondary N) is 2. The van der Waals surface area contributed by atoms with E-state index in [1.807, 2.05) is 24.3 Å². The first-order valence-electron chi connectivity index (χ1n) is 8.63. The van der Waals surface area contributed by atoms with Gasteiger partial charge in [0.1, 0.15) is 18.5 Å². The number of fused-ring (bicyclic) bond motifs is 1. The van der Waals surface area contributed by atoms with Gasteiger partial charge in [-0.2, -0.15) is 0 Å². The Hall–Kier alpha value is -2.80.